The third-order valence-electron chi connectivity index (χ3n) is 4.92. The van der Waals surface area contributed by atoms with Gasteiger partial charge in [-0.15, -0.1) is 0 Å². The van der Waals surface area contributed by atoms with Crippen LogP contribution in [-0.4, -0.2) is 20.4 Å². The van der Waals surface area contributed by atoms with Crippen LogP contribution in [0.2, 0.25) is 0 Å². The number of carbonyl (C=O) groups is 1. The molecule has 2 N–H and O–H groups in total. The van der Waals surface area contributed by atoms with Gasteiger partial charge in [-0.05, 0) is 56.2 Å². The van der Waals surface area contributed by atoms with Gasteiger partial charge < -0.3 is 5.32 Å². The number of hydrogen-bond donors (Lipinski definition) is 2. The molecule has 1 fully saturated rings. The van der Waals surface area contributed by atoms with Gasteiger partial charge in [0.15, 0.2) is 0 Å². The molecule has 0 bridgehead atoms. The van der Waals surface area contributed by atoms with Crippen LogP contribution in [0.25, 0.3) is 0 Å². The van der Waals surface area contributed by atoms with E-state index in [0.717, 1.165) is 31.2 Å². The van der Waals surface area contributed by atoms with Crippen LogP contribution in [0.1, 0.15) is 54.4 Å². The fourth-order valence-electron chi connectivity index (χ4n) is 3.31. The number of hydrogen-bond acceptors (Lipinski definition) is 3. The molecule has 27 heavy (non-hydrogen) atoms. The van der Waals surface area contributed by atoms with Crippen molar-refractivity contribution in [2.24, 2.45) is 0 Å². The summed E-state index contributed by atoms with van der Waals surface area (Å²) in [6.45, 7) is 1.94. The summed E-state index contributed by atoms with van der Waals surface area (Å²) in [7, 11) is -3.68. The predicted octanol–water partition coefficient (Wildman–Crippen LogP) is 4.25. The van der Waals surface area contributed by atoms with Crippen molar-refractivity contribution in [3.8, 4) is 0 Å². The average Bonchev–Trinajstić information content (AvgIpc) is 2.92. The molecular formula is C21H26N2O3S. The van der Waals surface area contributed by atoms with Crippen LogP contribution < -0.4 is 10.0 Å². The van der Waals surface area contributed by atoms with E-state index in [9.17, 15) is 13.2 Å². The van der Waals surface area contributed by atoms with Crippen molar-refractivity contribution >= 4 is 21.6 Å². The summed E-state index contributed by atoms with van der Waals surface area (Å²) in [5.41, 5.74) is 2.05. The topological polar surface area (TPSA) is 75.3 Å². The van der Waals surface area contributed by atoms with Crippen LogP contribution >= 0.6 is 0 Å². The zero-order chi connectivity index (χ0) is 19.3. The first-order valence-corrected chi connectivity index (χ1v) is 10.9. The van der Waals surface area contributed by atoms with Gasteiger partial charge in [0, 0.05) is 17.3 Å². The highest BCUT2D eigenvalue weighted by Crippen LogP contribution is 2.19. The summed E-state index contributed by atoms with van der Waals surface area (Å²) in [6.07, 6.45) is 6.77. The Labute approximate surface area is 161 Å². The standard InChI is InChI=1S/C21H26N2O3S/c1-16-8-12-19(13-9-16)23-27(25,26)20-14-10-17(11-15-20)21(24)22-18-6-4-2-3-5-7-18/h8-15,18,23H,2-7H2,1H3,(H,22,24). The van der Waals surface area contributed by atoms with Crippen molar-refractivity contribution in [2.75, 3.05) is 4.72 Å². The molecule has 1 aliphatic carbocycles. The monoisotopic (exact) mass is 386 g/mol. The number of aryl methyl sites for hydroxylation is 1. The molecule has 1 amide bonds. The van der Waals surface area contributed by atoms with Crippen LogP contribution in [0.4, 0.5) is 5.69 Å². The maximum Gasteiger partial charge on any atom is 0.261 e. The molecule has 3 rings (SSSR count). The van der Waals surface area contributed by atoms with Crippen LogP contribution in [0.3, 0.4) is 0 Å². The number of benzene rings is 2. The summed E-state index contributed by atoms with van der Waals surface area (Å²) < 4.78 is 27.6. The number of sulfonamides is 1. The van der Waals surface area contributed by atoms with E-state index in [2.05, 4.69) is 10.0 Å². The summed E-state index contributed by atoms with van der Waals surface area (Å²) in [5.74, 6) is -0.141. The first-order chi connectivity index (χ1) is 12.9. The van der Waals surface area contributed by atoms with Gasteiger partial charge in [0.1, 0.15) is 0 Å². The first kappa shape index (κ1) is 19.4. The molecule has 1 saturated carbocycles. The van der Waals surface area contributed by atoms with Gasteiger partial charge in [-0.1, -0.05) is 43.4 Å². The fourth-order valence-corrected chi connectivity index (χ4v) is 4.37. The van der Waals surface area contributed by atoms with E-state index < -0.39 is 10.0 Å². The van der Waals surface area contributed by atoms with Crippen molar-refractivity contribution in [3.63, 3.8) is 0 Å². The van der Waals surface area contributed by atoms with Gasteiger partial charge in [0.05, 0.1) is 4.90 Å². The second kappa shape index (κ2) is 8.57. The van der Waals surface area contributed by atoms with Gasteiger partial charge in [0.25, 0.3) is 15.9 Å². The Kier molecular flexibility index (Phi) is 6.16. The molecule has 2 aromatic carbocycles. The molecule has 0 spiro atoms. The lowest BCUT2D eigenvalue weighted by Gasteiger charge is -2.16. The molecule has 5 nitrogen and oxygen atoms in total. The molecule has 6 heteroatoms. The van der Waals surface area contributed by atoms with Crippen molar-refractivity contribution in [1.82, 2.24) is 5.32 Å². The van der Waals surface area contributed by atoms with Crippen molar-refractivity contribution in [3.05, 3.63) is 59.7 Å². The number of carbonyl (C=O) groups excluding carboxylic acids is 1. The molecule has 0 saturated heterocycles. The van der Waals surface area contributed by atoms with E-state index >= 15 is 0 Å². The Morgan fingerprint density at radius 1 is 0.889 bits per heavy atom. The lowest BCUT2D eigenvalue weighted by atomic mass is 10.1. The van der Waals surface area contributed by atoms with Crippen molar-refractivity contribution < 1.29 is 13.2 Å². The van der Waals surface area contributed by atoms with Crippen LogP contribution in [0.15, 0.2) is 53.4 Å². The number of nitrogens with one attached hydrogen (secondary N) is 2. The lowest BCUT2D eigenvalue weighted by Crippen LogP contribution is -2.34. The quantitative estimate of drug-likeness (QED) is 0.755. The molecule has 0 radical (unpaired) electrons. The minimum absolute atomic E-state index is 0.133. The maximum atomic E-state index is 12.5. The summed E-state index contributed by atoms with van der Waals surface area (Å²) >= 11 is 0. The highest BCUT2D eigenvalue weighted by molar-refractivity contribution is 7.92. The van der Waals surface area contributed by atoms with Gasteiger partial charge in [-0.2, -0.15) is 0 Å². The van der Waals surface area contributed by atoms with E-state index in [-0.39, 0.29) is 16.8 Å². The Morgan fingerprint density at radius 2 is 1.48 bits per heavy atom. The molecule has 0 aliphatic heterocycles. The van der Waals surface area contributed by atoms with Gasteiger partial charge in [-0.3, -0.25) is 9.52 Å². The maximum absolute atomic E-state index is 12.5. The molecule has 2 aromatic rings. The average molecular weight is 387 g/mol. The Morgan fingerprint density at radius 3 is 2.07 bits per heavy atom. The molecule has 0 aromatic heterocycles. The summed E-state index contributed by atoms with van der Waals surface area (Å²) in [6, 6.07) is 13.4. The molecular weight excluding hydrogens is 360 g/mol. The Hall–Kier alpha value is -2.34. The second-order valence-corrected chi connectivity index (χ2v) is 8.84. The number of rotatable bonds is 5. The summed E-state index contributed by atoms with van der Waals surface area (Å²) in [5, 5.41) is 3.07. The van der Waals surface area contributed by atoms with Crippen LogP contribution in [0.5, 0.6) is 0 Å². The highest BCUT2D eigenvalue weighted by atomic mass is 32.2. The third kappa shape index (κ3) is 5.32. The first-order valence-electron chi connectivity index (χ1n) is 9.44. The third-order valence-corrected chi connectivity index (χ3v) is 6.32. The normalized spacial score (nSPS) is 15.7. The van der Waals surface area contributed by atoms with Crippen LogP contribution in [0, 0.1) is 6.92 Å². The van der Waals surface area contributed by atoms with E-state index in [4.69, 9.17) is 0 Å². The molecule has 0 unspecified atom stereocenters. The van der Waals surface area contributed by atoms with Gasteiger partial charge in [-0.25, -0.2) is 8.42 Å². The Bertz CT molecular complexity index is 867. The second-order valence-electron chi connectivity index (χ2n) is 7.16. The zero-order valence-corrected chi connectivity index (χ0v) is 16.4. The minimum Gasteiger partial charge on any atom is -0.349 e. The van der Waals surface area contributed by atoms with Gasteiger partial charge in [0.2, 0.25) is 0 Å². The van der Waals surface area contributed by atoms with E-state index in [0.29, 0.717) is 11.3 Å². The lowest BCUT2D eigenvalue weighted by molar-refractivity contribution is 0.0933. The van der Waals surface area contributed by atoms with E-state index in [1.165, 1.54) is 25.0 Å². The predicted molar refractivity (Wildman–Crippen MR) is 107 cm³/mol. The molecule has 0 heterocycles. The largest absolute Gasteiger partial charge is 0.349 e. The molecule has 1 aliphatic rings. The smallest absolute Gasteiger partial charge is 0.261 e. The minimum atomic E-state index is -3.68. The van der Waals surface area contributed by atoms with Crippen LogP contribution in [-0.2, 0) is 10.0 Å². The fraction of sp³-hybridized carbons (Fsp3) is 0.381. The zero-order valence-electron chi connectivity index (χ0n) is 15.6. The SMILES string of the molecule is Cc1ccc(NS(=O)(=O)c2ccc(C(=O)NC3CCCCCC3)cc2)cc1. The highest BCUT2D eigenvalue weighted by Gasteiger charge is 2.18. The van der Waals surface area contributed by atoms with Crippen molar-refractivity contribution in [2.45, 2.75) is 56.4 Å². The number of amides is 1. The molecule has 0 atom stereocenters. The van der Waals surface area contributed by atoms with Crippen molar-refractivity contribution in [1.29, 1.82) is 0 Å². The van der Waals surface area contributed by atoms with E-state index in [1.54, 1.807) is 24.3 Å². The van der Waals surface area contributed by atoms with Gasteiger partial charge >= 0.3 is 0 Å². The molecule has 144 valence electrons. The number of anilines is 1. The Balaban J connectivity index is 1.66. The van der Waals surface area contributed by atoms with E-state index in [1.807, 2.05) is 19.1 Å². The summed E-state index contributed by atoms with van der Waals surface area (Å²) in [4.78, 5) is 12.6.